The number of hydrogen-bond acceptors (Lipinski definition) is 6. The van der Waals surface area contributed by atoms with Crippen LogP contribution in [0.25, 0.3) is 22.0 Å². The lowest BCUT2D eigenvalue weighted by Crippen LogP contribution is -2.49. The molecule has 1 aliphatic heterocycles. The number of nitrogens with zero attached hydrogens (tertiary/aromatic N) is 3. The van der Waals surface area contributed by atoms with Gasteiger partial charge in [-0.3, -0.25) is 19.4 Å². The summed E-state index contributed by atoms with van der Waals surface area (Å²) < 4.78 is 34.7. The lowest BCUT2D eigenvalue weighted by Gasteiger charge is -2.35. The molecule has 0 bridgehead atoms. The van der Waals surface area contributed by atoms with Crippen molar-refractivity contribution in [3.63, 3.8) is 0 Å². The van der Waals surface area contributed by atoms with Crippen molar-refractivity contribution >= 4 is 32.5 Å². The second-order valence-corrected chi connectivity index (χ2v) is 12.4. The van der Waals surface area contributed by atoms with E-state index in [9.17, 15) is 13.2 Å². The fourth-order valence-corrected chi connectivity index (χ4v) is 6.79. The number of fused-ring (bicyclic) bond motifs is 1. The predicted octanol–water partition coefficient (Wildman–Crippen LogP) is 5.71. The van der Waals surface area contributed by atoms with Crippen LogP contribution in [-0.4, -0.2) is 68.9 Å². The van der Waals surface area contributed by atoms with Crippen LogP contribution in [0.5, 0.6) is 5.75 Å². The van der Waals surface area contributed by atoms with E-state index in [1.165, 1.54) is 29.9 Å². The summed E-state index contributed by atoms with van der Waals surface area (Å²) in [7, 11) is -2.51. The molecule has 0 atom stereocenters. The quantitative estimate of drug-likeness (QED) is 0.231. The van der Waals surface area contributed by atoms with Gasteiger partial charge in [0.2, 0.25) is 0 Å². The molecule has 1 aromatic heterocycles. The number of piperazine rings is 1. The number of hydrogen-bond donors (Lipinski definition) is 1. The highest BCUT2D eigenvalue weighted by molar-refractivity contribution is 7.93. The minimum absolute atomic E-state index is 0.0693. The molecule has 0 saturated carbocycles. The maximum absolute atomic E-state index is 13.4. The number of para-hydroxylation sites is 1. The molecule has 1 aliphatic rings. The van der Waals surface area contributed by atoms with Gasteiger partial charge in [-0.2, -0.15) is 0 Å². The van der Waals surface area contributed by atoms with Crippen LogP contribution >= 0.6 is 0 Å². The van der Waals surface area contributed by atoms with Crippen molar-refractivity contribution in [1.82, 2.24) is 14.8 Å². The minimum atomic E-state index is -3.97. The summed E-state index contributed by atoms with van der Waals surface area (Å²) in [5.74, 6) is 0.164. The smallest absolute Gasteiger partial charge is 0.264 e. The van der Waals surface area contributed by atoms with E-state index in [1.807, 2.05) is 23.1 Å². The highest BCUT2D eigenvalue weighted by atomic mass is 32.2. The lowest BCUT2D eigenvalue weighted by molar-refractivity contribution is 0.0638. The first kappa shape index (κ1) is 29.3. The zero-order valence-corrected chi connectivity index (χ0v) is 25.3. The molecule has 0 unspecified atom stereocenters. The number of nitrogens with one attached hydrogen (secondary N) is 1. The Hall–Kier alpha value is -4.73. The van der Waals surface area contributed by atoms with E-state index in [2.05, 4.69) is 63.1 Å². The van der Waals surface area contributed by atoms with Crippen LogP contribution in [0.4, 0.5) is 5.69 Å². The Morgan fingerprint density at radius 2 is 1.57 bits per heavy atom. The highest BCUT2D eigenvalue weighted by Crippen LogP contribution is 2.30. The summed E-state index contributed by atoms with van der Waals surface area (Å²) in [4.78, 5) is 21.9. The van der Waals surface area contributed by atoms with E-state index >= 15 is 0 Å². The average molecular weight is 607 g/mol. The van der Waals surface area contributed by atoms with Crippen molar-refractivity contribution in [3.8, 4) is 16.9 Å². The summed E-state index contributed by atoms with van der Waals surface area (Å²) in [5, 5.41) is 0.723. The summed E-state index contributed by atoms with van der Waals surface area (Å²) in [6.07, 6.45) is 2.51. The van der Waals surface area contributed by atoms with Gasteiger partial charge >= 0.3 is 0 Å². The normalized spacial score (nSPS) is 14.0. The largest absolute Gasteiger partial charge is 0.495 e. The summed E-state index contributed by atoms with van der Waals surface area (Å²) >= 11 is 0. The Kier molecular flexibility index (Phi) is 8.58. The maximum atomic E-state index is 13.4. The van der Waals surface area contributed by atoms with Crippen molar-refractivity contribution in [2.24, 2.45) is 0 Å². The Morgan fingerprint density at radius 3 is 2.32 bits per heavy atom. The molecule has 1 N–H and O–H groups in total. The van der Waals surface area contributed by atoms with Gasteiger partial charge in [-0.05, 0) is 53.4 Å². The number of anilines is 1. The van der Waals surface area contributed by atoms with Gasteiger partial charge in [0.1, 0.15) is 10.6 Å². The van der Waals surface area contributed by atoms with Crippen molar-refractivity contribution in [1.29, 1.82) is 0 Å². The molecule has 2 heterocycles. The van der Waals surface area contributed by atoms with Crippen molar-refractivity contribution < 1.29 is 17.9 Å². The third-order valence-corrected chi connectivity index (χ3v) is 9.41. The summed E-state index contributed by atoms with van der Waals surface area (Å²) in [6, 6.07) is 32.5. The molecule has 0 aliphatic carbocycles. The lowest BCUT2D eigenvalue weighted by atomic mass is 10.0. The molecule has 224 valence electrons. The Labute approximate surface area is 258 Å². The number of carbonyl (C=O) groups is 1. The fraction of sp³-hybridized carbons (Fsp3) is 0.200. The number of ether oxygens (including phenoxy) is 1. The van der Waals surface area contributed by atoms with Crippen LogP contribution in [-0.2, 0) is 16.4 Å². The minimum Gasteiger partial charge on any atom is -0.495 e. The number of amides is 1. The zero-order chi connectivity index (χ0) is 30.5. The van der Waals surface area contributed by atoms with Crippen LogP contribution in [0.3, 0.4) is 0 Å². The van der Waals surface area contributed by atoms with Crippen LogP contribution in [0.15, 0.2) is 114 Å². The maximum Gasteiger partial charge on any atom is 0.264 e. The first-order chi connectivity index (χ1) is 21.4. The summed E-state index contributed by atoms with van der Waals surface area (Å²) in [5.41, 5.74) is 4.80. The van der Waals surface area contributed by atoms with Crippen LogP contribution in [0, 0.1) is 0 Å². The number of aromatic nitrogens is 1. The molecule has 9 heteroatoms. The average Bonchev–Trinajstić information content (AvgIpc) is 3.07. The molecule has 4 aromatic carbocycles. The number of benzene rings is 4. The van der Waals surface area contributed by atoms with Crippen molar-refractivity contribution in [3.05, 3.63) is 120 Å². The highest BCUT2D eigenvalue weighted by Gasteiger charge is 2.24. The Morgan fingerprint density at radius 1 is 0.841 bits per heavy atom. The molecule has 1 saturated heterocycles. The predicted molar refractivity (Wildman–Crippen MR) is 173 cm³/mol. The topological polar surface area (TPSA) is 91.8 Å². The van der Waals surface area contributed by atoms with Gasteiger partial charge in [0, 0.05) is 49.9 Å². The van der Waals surface area contributed by atoms with E-state index in [4.69, 9.17) is 4.74 Å². The van der Waals surface area contributed by atoms with Gasteiger partial charge in [-0.25, -0.2) is 8.42 Å². The van der Waals surface area contributed by atoms with Gasteiger partial charge in [0.25, 0.3) is 15.9 Å². The molecule has 1 fully saturated rings. The molecule has 0 radical (unpaired) electrons. The molecule has 0 spiro atoms. The van der Waals surface area contributed by atoms with Gasteiger partial charge in [0.05, 0.1) is 18.3 Å². The fourth-order valence-electron chi connectivity index (χ4n) is 5.54. The van der Waals surface area contributed by atoms with E-state index in [0.717, 1.165) is 31.4 Å². The van der Waals surface area contributed by atoms with Crippen LogP contribution in [0.2, 0.25) is 0 Å². The number of sulfonamides is 1. The monoisotopic (exact) mass is 606 g/mol. The van der Waals surface area contributed by atoms with E-state index in [-0.39, 0.29) is 22.2 Å². The van der Waals surface area contributed by atoms with E-state index in [1.54, 1.807) is 36.5 Å². The molecular weight excluding hydrogens is 572 g/mol. The third-order valence-electron chi connectivity index (χ3n) is 8.02. The number of carbonyl (C=O) groups excluding carboxylic acids is 1. The van der Waals surface area contributed by atoms with Crippen molar-refractivity contribution in [2.75, 3.05) is 44.6 Å². The molecule has 1 amide bonds. The van der Waals surface area contributed by atoms with Gasteiger partial charge < -0.3 is 9.64 Å². The first-order valence-electron chi connectivity index (χ1n) is 14.6. The van der Waals surface area contributed by atoms with Crippen LogP contribution < -0.4 is 9.46 Å². The number of pyridine rings is 1. The van der Waals surface area contributed by atoms with E-state index in [0.29, 0.717) is 24.2 Å². The van der Waals surface area contributed by atoms with Gasteiger partial charge in [-0.15, -0.1) is 0 Å². The Balaban J connectivity index is 1.05. The molecule has 44 heavy (non-hydrogen) atoms. The molecular formula is C35H34N4O4S. The third kappa shape index (κ3) is 6.44. The second-order valence-electron chi connectivity index (χ2n) is 10.8. The molecule has 8 nitrogen and oxygen atoms in total. The Bertz CT molecular complexity index is 1870. The summed E-state index contributed by atoms with van der Waals surface area (Å²) in [6.45, 7) is 3.76. The zero-order valence-electron chi connectivity index (χ0n) is 24.5. The van der Waals surface area contributed by atoms with Crippen molar-refractivity contribution in [2.45, 2.75) is 11.3 Å². The SMILES string of the molecule is COc1cc(C(=O)N2CCN(CCc3ccc(-c4ccccc4)cc3)CC2)ccc1NS(=O)(=O)c1cccc2cccnc12. The number of methoxy groups -OCH3 is 1. The first-order valence-corrected chi connectivity index (χ1v) is 16.1. The number of rotatable bonds is 9. The molecule has 5 aromatic rings. The van der Waals surface area contributed by atoms with Gasteiger partial charge in [0.15, 0.2) is 0 Å². The van der Waals surface area contributed by atoms with Gasteiger partial charge in [-0.1, -0.05) is 72.8 Å². The standard InChI is InChI=1S/C35H34N4O4S/c1-43-32-25-30(16-17-31(32)37-44(41,42)33-11-5-9-29-10-6-19-36-34(29)33)35(40)39-23-21-38(22-24-39)20-18-26-12-14-28(15-13-26)27-7-3-2-4-8-27/h2-17,19,25,37H,18,20-24H2,1H3. The second kappa shape index (κ2) is 12.9. The molecule has 6 rings (SSSR count). The van der Waals surface area contributed by atoms with Crippen LogP contribution in [0.1, 0.15) is 15.9 Å². The van der Waals surface area contributed by atoms with E-state index < -0.39 is 10.0 Å².